The maximum atomic E-state index is 12.3. The van der Waals surface area contributed by atoms with Gasteiger partial charge in [-0.15, -0.1) is 0 Å². The molecule has 2 unspecified atom stereocenters. The van der Waals surface area contributed by atoms with Crippen LogP contribution in [0.1, 0.15) is 30.1 Å². The Labute approximate surface area is 131 Å². The average molecular weight is 319 g/mol. The van der Waals surface area contributed by atoms with Gasteiger partial charge in [0.1, 0.15) is 0 Å². The second-order valence-electron chi connectivity index (χ2n) is 5.48. The number of aromatic nitrogens is 2. The molecule has 1 fully saturated rings. The number of carbonyl (C=O) groups excluding carboxylic acids is 1. The lowest BCUT2D eigenvalue weighted by molar-refractivity contribution is 0.0712. The van der Waals surface area contributed by atoms with Crippen LogP contribution in [0.3, 0.4) is 0 Å². The largest absolute Gasteiger partial charge is 0.376 e. The van der Waals surface area contributed by atoms with Crippen molar-refractivity contribution in [3.05, 3.63) is 38.9 Å². The van der Waals surface area contributed by atoms with Crippen LogP contribution >= 0.6 is 12.2 Å². The Hall–Kier alpha value is -1.99. The Kier molecular flexibility index (Phi) is 4.08. The molecular formula is C15H17N3O3S. The predicted molar refractivity (Wildman–Crippen MR) is 85.7 cm³/mol. The molecule has 2 atom stereocenters. The quantitative estimate of drug-likeness (QED) is 0.754. The molecule has 116 valence electrons. The molecule has 0 saturated carbocycles. The van der Waals surface area contributed by atoms with Gasteiger partial charge in [0.2, 0.25) is 0 Å². The van der Waals surface area contributed by atoms with Crippen molar-refractivity contribution in [3.8, 4) is 0 Å². The smallest absolute Gasteiger partial charge is 0.259 e. The molecule has 2 heterocycles. The SMILES string of the molecule is CC(NC(=O)c1ccc2c(=O)[nH]c(=S)[nH]c2c1)C1CCCO1. The minimum Gasteiger partial charge on any atom is -0.376 e. The molecule has 1 amide bonds. The summed E-state index contributed by atoms with van der Waals surface area (Å²) in [7, 11) is 0. The predicted octanol–water partition coefficient (Wildman–Crippen LogP) is 1.88. The first-order valence-corrected chi connectivity index (χ1v) is 7.64. The van der Waals surface area contributed by atoms with Gasteiger partial charge in [-0.25, -0.2) is 0 Å². The molecule has 3 N–H and O–H groups in total. The summed E-state index contributed by atoms with van der Waals surface area (Å²) >= 11 is 4.95. The van der Waals surface area contributed by atoms with Crippen LogP contribution in [0, 0.1) is 4.77 Å². The zero-order valence-electron chi connectivity index (χ0n) is 12.1. The summed E-state index contributed by atoms with van der Waals surface area (Å²) in [6.45, 7) is 2.69. The fourth-order valence-electron chi connectivity index (χ4n) is 2.69. The maximum absolute atomic E-state index is 12.3. The number of aromatic amines is 2. The van der Waals surface area contributed by atoms with E-state index in [0.29, 0.717) is 16.5 Å². The minimum absolute atomic E-state index is 0.0524. The standard InChI is InChI=1S/C15H17N3O3S/c1-8(12-3-2-6-21-12)16-13(19)9-4-5-10-11(7-9)17-15(22)18-14(10)20/h4-5,7-8,12H,2-3,6H2,1H3,(H,16,19)(H2,17,18,20,22). The third-order valence-electron chi connectivity index (χ3n) is 3.88. The highest BCUT2D eigenvalue weighted by molar-refractivity contribution is 7.71. The van der Waals surface area contributed by atoms with Crippen molar-refractivity contribution in [3.63, 3.8) is 0 Å². The number of rotatable bonds is 3. The highest BCUT2D eigenvalue weighted by Gasteiger charge is 2.24. The summed E-state index contributed by atoms with van der Waals surface area (Å²) in [5.74, 6) is -0.190. The van der Waals surface area contributed by atoms with Gasteiger partial charge in [-0.3, -0.25) is 14.6 Å². The van der Waals surface area contributed by atoms with Crippen LogP contribution in [0.15, 0.2) is 23.0 Å². The third kappa shape index (κ3) is 2.95. The van der Waals surface area contributed by atoms with E-state index in [4.69, 9.17) is 17.0 Å². The number of carbonyl (C=O) groups is 1. The second-order valence-corrected chi connectivity index (χ2v) is 5.89. The normalized spacial score (nSPS) is 19.2. The van der Waals surface area contributed by atoms with Crippen molar-refractivity contribution < 1.29 is 9.53 Å². The topological polar surface area (TPSA) is 87.0 Å². The molecule has 3 rings (SSSR count). The fourth-order valence-corrected chi connectivity index (χ4v) is 2.89. The lowest BCUT2D eigenvalue weighted by atomic mass is 10.1. The number of amides is 1. The van der Waals surface area contributed by atoms with Crippen LogP contribution in [0.2, 0.25) is 0 Å². The first-order chi connectivity index (χ1) is 10.5. The summed E-state index contributed by atoms with van der Waals surface area (Å²) in [5, 5.41) is 3.41. The fraction of sp³-hybridized carbons (Fsp3) is 0.400. The van der Waals surface area contributed by atoms with Gasteiger partial charge in [-0.2, -0.15) is 0 Å². The van der Waals surface area contributed by atoms with E-state index in [1.165, 1.54) is 0 Å². The molecule has 0 bridgehead atoms. The van der Waals surface area contributed by atoms with Gasteiger partial charge in [0.15, 0.2) is 4.77 Å². The molecule has 7 heteroatoms. The van der Waals surface area contributed by atoms with Gasteiger partial charge in [0, 0.05) is 12.2 Å². The van der Waals surface area contributed by atoms with Crippen molar-refractivity contribution in [1.29, 1.82) is 0 Å². The molecule has 2 aromatic rings. The van der Waals surface area contributed by atoms with Gasteiger partial charge in [0.25, 0.3) is 11.5 Å². The molecule has 1 aliphatic heterocycles. The Morgan fingerprint density at radius 3 is 3.00 bits per heavy atom. The summed E-state index contributed by atoms with van der Waals surface area (Å²) in [6, 6.07) is 4.83. The Morgan fingerprint density at radius 2 is 2.27 bits per heavy atom. The summed E-state index contributed by atoms with van der Waals surface area (Å²) in [6.07, 6.45) is 2.06. The zero-order valence-corrected chi connectivity index (χ0v) is 13.0. The highest BCUT2D eigenvalue weighted by Crippen LogP contribution is 2.16. The molecule has 6 nitrogen and oxygen atoms in total. The van der Waals surface area contributed by atoms with E-state index >= 15 is 0 Å². The molecule has 22 heavy (non-hydrogen) atoms. The number of hydrogen-bond acceptors (Lipinski definition) is 4. The van der Waals surface area contributed by atoms with E-state index in [0.717, 1.165) is 19.4 Å². The first-order valence-electron chi connectivity index (χ1n) is 7.23. The second kappa shape index (κ2) is 6.02. The molecular weight excluding hydrogens is 302 g/mol. The van der Waals surface area contributed by atoms with Gasteiger partial charge in [-0.05, 0) is 50.2 Å². The molecule has 1 aromatic carbocycles. The van der Waals surface area contributed by atoms with Crippen molar-refractivity contribution in [2.24, 2.45) is 0 Å². The van der Waals surface area contributed by atoms with E-state index in [1.807, 2.05) is 6.92 Å². The van der Waals surface area contributed by atoms with Crippen molar-refractivity contribution in [1.82, 2.24) is 15.3 Å². The van der Waals surface area contributed by atoms with Crippen LogP contribution in [-0.4, -0.2) is 34.6 Å². The maximum Gasteiger partial charge on any atom is 0.259 e. The number of H-pyrrole nitrogens is 2. The average Bonchev–Trinajstić information content (AvgIpc) is 3.00. The summed E-state index contributed by atoms with van der Waals surface area (Å²) in [4.78, 5) is 29.5. The lowest BCUT2D eigenvalue weighted by Crippen LogP contribution is -2.40. The minimum atomic E-state index is -0.265. The van der Waals surface area contributed by atoms with Crippen LogP contribution in [-0.2, 0) is 4.74 Å². The van der Waals surface area contributed by atoms with Crippen LogP contribution in [0.4, 0.5) is 0 Å². The first kappa shape index (κ1) is 14.9. The monoisotopic (exact) mass is 319 g/mol. The molecule has 0 aliphatic carbocycles. The molecule has 1 aliphatic rings. The lowest BCUT2D eigenvalue weighted by Gasteiger charge is -2.20. The molecule has 1 saturated heterocycles. The van der Waals surface area contributed by atoms with Gasteiger partial charge in [-0.1, -0.05) is 0 Å². The summed E-state index contributed by atoms with van der Waals surface area (Å²) in [5.41, 5.74) is 0.762. The van der Waals surface area contributed by atoms with Gasteiger partial charge < -0.3 is 15.0 Å². The molecule has 0 radical (unpaired) electrons. The number of fused-ring (bicyclic) bond motifs is 1. The number of nitrogens with one attached hydrogen (secondary N) is 3. The van der Waals surface area contributed by atoms with E-state index in [-0.39, 0.29) is 28.4 Å². The van der Waals surface area contributed by atoms with Crippen LogP contribution in [0.5, 0.6) is 0 Å². The van der Waals surface area contributed by atoms with E-state index in [1.54, 1.807) is 18.2 Å². The number of benzene rings is 1. The van der Waals surface area contributed by atoms with Gasteiger partial charge in [0.05, 0.1) is 23.0 Å². The Bertz CT molecular complexity index is 821. The summed E-state index contributed by atoms with van der Waals surface area (Å²) < 4.78 is 5.81. The molecule has 0 spiro atoms. The van der Waals surface area contributed by atoms with E-state index < -0.39 is 0 Å². The zero-order chi connectivity index (χ0) is 15.7. The number of hydrogen-bond donors (Lipinski definition) is 3. The van der Waals surface area contributed by atoms with Crippen molar-refractivity contribution >= 4 is 29.0 Å². The molecule has 1 aromatic heterocycles. The number of ether oxygens (including phenoxy) is 1. The van der Waals surface area contributed by atoms with E-state index in [2.05, 4.69) is 15.3 Å². The Balaban J connectivity index is 1.84. The third-order valence-corrected chi connectivity index (χ3v) is 4.09. The highest BCUT2D eigenvalue weighted by atomic mass is 32.1. The van der Waals surface area contributed by atoms with Crippen molar-refractivity contribution in [2.45, 2.75) is 31.9 Å². The Morgan fingerprint density at radius 1 is 1.45 bits per heavy atom. The van der Waals surface area contributed by atoms with Crippen LogP contribution < -0.4 is 10.9 Å². The van der Waals surface area contributed by atoms with Crippen LogP contribution in [0.25, 0.3) is 10.9 Å². The van der Waals surface area contributed by atoms with E-state index in [9.17, 15) is 9.59 Å². The van der Waals surface area contributed by atoms with Crippen molar-refractivity contribution in [2.75, 3.05) is 6.61 Å². The van der Waals surface area contributed by atoms with Gasteiger partial charge >= 0.3 is 0 Å².